The van der Waals surface area contributed by atoms with Crippen molar-refractivity contribution in [3.05, 3.63) is 12.2 Å². The van der Waals surface area contributed by atoms with Gasteiger partial charge in [-0.15, -0.1) is 0 Å². The lowest BCUT2D eigenvalue weighted by atomic mass is 9.66. The molecule has 0 aromatic rings. The summed E-state index contributed by atoms with van der Waals surface area (Å²) in [6.07, 6.45) is 3.42. The summed E-state index contributed by atoms with van der Waals surface area (Å²) in [6.45, 7) is 4.06. The van der Waals surface area contributed by atoms with Gasteiger partial charge in [0.2, 0.25) is 0 Å². The number of allylic oxidation sites excluding steroid dienone is 1. The first-order valence-corrected chi connectivity index (χ1v) is 4.50. The molecule has 0 aromatic heterocycles. The van der Waals surface area contributed by atoms with Gasteiger partial charge in [-0.05, 0) is 31.1 Å². The molecular formula is C10H12O. The van der Waals surface area contributed by atoms with E-state index in [1.165, 1.54) is 12.0 Å². The highest BCUT2D eigenvalue weighted by Crippen LogP contribution is 2.61. The first kappa shape index (κ1) is 5.99. The topological polar surface area (TPSA) is 17.1 Å². The highest BCUT2D eigenvalue weighted by atomic mass is 16.1. The van der Waals surface area contributed by atoms with Gasteiger partial charge in [0, 0.05) is 11.8 Å². The van der Waals surface area contributed by atoms with Crippen LogP contribution >= 0.6 is 0 Å². The molecule has 4 atom stereocenters. The maximum Gasteiger partial charge on any atom is 0.140 e. The van der Waals surface area contributed by atoms with Crippen molar-refractivity contribution in [2.24, 2.45) is 23.7 Å². The van der Waals surface area contributed by atoms with E-state index < -0.39 is 0 Å². The number of rotatable bonds is 0. The fourth-order valence-electron chi connectivity index (χ4n) is 3.41. The SMILES string of the molecule is C=C1C[C@H]2C(=O)C3CCC1[C@H]32. The van der Waals surface area contributed by atoms with Crippen molar-refractivity contribution in [3.8, 4) is 0 Å². The Bertz CT molecular complexity index is 252. The van der Waals surface area contributed by atoms with Crippen LogP contribution in [0.4, 0.5) is 0 Å². The lowest BCUT2D eigenvalue weighted by Gasteiger charge is -2.35. The van der Waals surface area contributed by atoms with Crippen molar-refractivity contribution in [3.63, 3.8) is 0 Å². The summed E-state index contributed by atoms with van der Waals surface area (Å²) in [6, 6.07) is 0. The number of hydrogen-bond acceptors (Lipinski definition) is 1. The van der Waals surface area contributed by atoms with Crippen molar-refractivity contribution in [1.29, 1.82) is 0 Å². The third-order valence-corrected chi connectivity index (χ3v) is 3.92. The molecule has 0 bridgehead atoms. The predicted octanol–water partition coefficient (Wildman–Crippen LogP) is 1.79. The summed E-state index contributed by atoms with van der Waals surface area (Å²) in [4.78, 5) is 11.4. The van der Waals surface area contributed by atoms with E-state index in [4.69, 9.17) is 0 Å². The lowest BCUT2D eigenvalue weighted by Crippen LogP contribution is -2.42. The van der Waals surface area contributed by atoms with Crippen LogP contribution in [0.1, 0.15) is 19.3 Å². The van der Waals surface area contributed by atoms with Gasteiger partial charge in [-0.3, -0.25) is 4.79 Å². The van der Waals surface area contributed by atoms with Gasteiger partial charge in [0.25, 0.3) is 0 Å². The first-order valence-electron chi connectivity index (χ1n) is 4.50. The number of ketones is 1. The molecule has 11 heavy (non-hydrogen) atoms. The summed E-state index contributed by atoms with van der Waals surface area (Å²) in [5, 5.41) is 0. The predicted molar refractivity (Wildman–Crippen MR) is 42.0 cm³/mol. The molecule has 3 aliphatic carbocycles. The molecule has 3 fully saturated rings. The molecule has 0 radical (unpaired) electrons. The minimum absolute atomic E-state index is 0.417. The zero-order chi connectivity index (χ0) is 7.59. The Labute approximate surface area is 66.5 Å². The number of hydrogen-bond donors (Lipinski definition) is 0. The molecule has 3 aliphatic rings. The standard InChI is InChI=1S/C10H12O/c1-5-4-8-9-6(5)2-3-7(9)10(8)11/h6-9H,1-4H2/t6?,7?,8-,9-/m1/s1. The molecule has 0 spiro atoms. The molecule has 2 unspecified atom stereocenters. The maximum absolute atomic E-state index is 11.4. The third kappa shape index (κ3) is 0.492. The highest BCUT2D eigenvalue weighted by Gasteiger charge is 2.60. The second kappa shape index (κ2) is 1.60. The van der Waals surface area contributed by atoms with Gasteiger partial charge in [-0.2, -0.15) is 0 Å². The summed E-state index contributed by atoms with van der Waals surface area (Å²) >= 11 is 0. The molecule has 0 heterocycles. The summed E-state index contributed by atoms with van der Waals surface area (Å²) in [7, 11) is 0. The molecule has 3 rings (SSSR count). The number of Topliss-reactive ketones (excluding diaryl/α,β-unsaturated/α-hetero) is 1. The maximum atomic E-state index is 11.4. The van der Waals surface area contributed by atoms with E-state index in [9.17, 15) is 4.79 Å². The molecule has 0 amide bonds. The summed E-state index contributed by atoms with van der Waals surface area (Å²) in [5.74, 6) is 2.91. The Kier molecular flexibility index (Phi) is 0.869. The molecule has 1 nitrogen and oxygen atoms in total. The zero-order valence-corrected chi connectivity index (χ0v) is 6.55. The van der Waals surface area contributed by atoms with E-state index in [2.05, 4.69) is 6.58 Å². The fourth-order valence-corrected chi connectivity index (χ4v) is 3.41. The average Bonchev–Trinajstić information content (AvgIpc) is 2.48. The normalized spacial score (nSPS) is 52.7. The van der Waals surface area contributed by atoms with Crippen LogP contribution in [0.5, 0.6) is 0 Å². The van der Waals surface area contributed by atoms with Crippen molar-refractivity contribution in [1.82, 2.24) is 0 Å². The van der Waals surface area contributed by atoms with Crippen LogP contribution in [-0.4, -0.2) is 5.78 Å². The van der Waals surface area contributed by atoms with Crippen molar-refractivity contribution < 1.29 is 4.79 Å². The summed E-state index contributed by atoms with van der Waals surface area (Å²) in [5.41, 5.74) is 1.37. The molecule has 1 heteroatoms. The van der Waals surface area contributed by atoms with Crippen LogP contribution in [0.15, 0.2) is 12.2 Å². The smallest absolute Gasteiger partial charge is 0.140 e. The number of carbonyl (C=O) groups excluding carboxylic acids is 1. The van der Waals surface area contributed by atoms with Gasteiger partial charge in [-0.1, -0.05) is 12.2 Å². The van der Waals surface area contributed by atoms with E-state index in [0.29, 0.717) is 17.6 Å². The van der Waals surface area contributed by atoms with Crippen molar-refractivity contribution in [2.75, 3.05) is 0 Å². The Morgan fingerprint density at radius 2 is 1.91 bits per heavy atom. The summed E-state index contributed by atoms with van der Waals surface area (Å²) < 4.78 is 0. The number of carbonyl (C=O) groups is 1. The van der Waals surface area contributed by atoms with E-state index in [1.807, 2.05) is 0 Å². The Balaban J connectivity index is 2.04. The molecule has 3 saturated carbocycles. The Hall–Kier alpha value is -0.590. The van der Waals surface area contributed by atoms with Crippen molar-refractivity contribution in [2.45, 2.75) is 19.3 Å². The van der Waals surface area contributed by atoms with Gasteiger partial charge in [-0.25, -0.2) is 0 Å². The average molecular weight is 148 g/mol. The second-order valence-corrected chi connectivity index (χ2v) is 4.24. The zero-order valence-electron chi connectivity index (χ0n) is 6.55. The molecule has 0 aromatic carbocycles. The molecule has 0 aliphatic heterocycles. The Morgan fingerprint density at radius 3 is 2.73 bits per heavy atom. The van der Waals surface area contributed by atoms with Gasteiger partial charge >= 0.3 is 0 Å². The quantitative estimate of drug-likeness (QED) is 0.479. The van der Waals surface area contributed by atoms with Gasteiger partial charge in [0.1, 0.15) is 5.78 Å². The van der Waals surface area contributed by atoms with Crippen LogP contribution in [0.3, 0.4) is 0 Å². The minimum atomic E-state index is 0.417. The molecular weight excluding hydrogens is 136 g/mol. The highest BCUT2D eigenvalue weighted by molar-refractivity contribution is 5.92. The first-order chi connectivity index (χ1) is 5.29. The monoisotopic (exact) mass is 148 g/mol. The lowest BCUT2D eigenvalue weighted by molar-refractivity contribution is -0.139. The van der Waals surface area contributed by atoms with Crippen LogP contribution in [0.2, 0.25) is 0 Å². The van der Waals surface area contributed by atoms with Crippen molar-refractivity contribution >= 4 is 5.78 Å². The van der Waals surface area contributed by atoms with Gasteiger partial charge in [0.15, 0.2) is 0 Å². The molecule has 0 saturated heterocycles. The Morgan fingerprint density at radius 1 is 1.18 bits per heavy atom. The van der Waals surface area contributed by atoms with E-state index in [0.717, 1.165) is 24.7 Å². The van der Waals surface area contributed by atoms with E-state index >= 15 is 0 Å². The van der Waals surface area contributed by atoms with Crippen LogP contribution in [0.25, 0.3) is 0 Å². The van der Waals surface area contributed by atoms with Gasteiger partial charge < -0.3 is 0 Å². The second-order valence-electron chi connectivity index (χ2n) is 4.24. The van der Waals surface area contributed by atoms with Crippen LogP contribution in [0, 0.1) is 23.7 Å². The van der Waals surface area contributed by atoms with Gasteiger partial charge in [0.05, 0.1) is 0 Å². The largest absolute Gasteiger partial charge is 0.299 e. The van der Waals surface area contributed by atoms with Crippen LogP contribution < -0.4 is 0 Å². The van der Waals surface area contributed by atoms with E-state index in [1.54, 1.807) is 0 Å². The fraction of sp³-hybridized carbons (Fsp3) is 0.700. The van der Waals surface area contributed by atoms with E-state index in [-0.39, 0.29) is 0 Å². The molecule has 0 N–H and O–H groups in total. The van der Waals surface area contributed by atoms with Crippen LogP contribution in [-0.2, 0) is 4.79 Å². The molecule has 58 valence electrons. The third-order valence-electron chi connectivity index (χ3n) is 3.92. The minimum Gasteiger partial charge on any atom is -0.299 e.